The van der Waals surface area contributed by atoms with Crippen molar-refractivity contribution in [2.45, 2.75) is 6.92 Å². The Hall–Kier alpha value is -3.19. The van der Waals surface area contributed by atoms with Gasteiger partial charge in [0.25, 0.3) is 5.91 Å². The van der Waals surface area contributed by atoms with E-state index in [1.807, 2.05) is 36.5 Å². The standard InChI is InChI=1S/C18H15N5OS/c1-12-3-8-16(25-12)15-11-17(22-21-15)20-18(24)13-4-6-14(7-5-13)23-10-2-9-19-23/h2-11H,1H3,(H2,20,21,22,24). The molecule has 0 saturated heterocycles. The van der Waals surface area contributed by atoms with Crippen LogP contribution in [0.3, 0.4) is 0 Å². The molecule has 2 N–H and O–H groups in total. The number of carbonyl (C=O) groups is 1. The number of amides is 1. The number of hydrogen-bond donors (Lipinski definition) is 2. The first-order valence-electron chi connectivity index (χ1n) is 7.73. The Bertz CT molecular complexity index is 998. The highest BCUT2D eigenvalue weighted by molar-refractivity contribution is 7.15. The SMILES string of the molecule is Cc1ccc(-c2cc(NC(=O)c3ccc(-n4cccn4)cc3)n[nH]2)s1. The van der Waals surface area contributed by atoms with E-state index < -0.39 is 0 Å². The van der Waals surface area contributed by atoms with Crippen molar-refractivity contribution in [2.75, 3.05) is 5.32 Å². The first kappa shape index (κ1) is 15.3. The third-order valence-electron chi connectivity index (χ3n) is 3.72. The molecule has 0 saturated carbocycles. The van der Waals surface area contributed by atoms with Crippen molar-refractivity contribution in [3.63, 3.8) is 0 Å². The second-order valence-electron chi connectivity index (χ2n) is 5.53. The molecule has 0 aliphatic rings. The second kappa shape index (κ2) is 6.37. The summed E-state index contributed by atoms with van der Waals surface area (Å²) in [6.07, 6.45) is 3.57. The Morgan fingerprint density at radius 3 is 2.72 bits per heavy atom. The molecular formula is C18H15N5OS. The van der Waals surface area contributed by atoms with E-state index in [-0.39, 0.29) is 5.91 Å². The smallest absolute Gasteiger partial charge is 0.256 e. The summed E-state index contributed by atoms with van der Waals surface area (Å²) in [7, 11) is 0. The summed E-state index contributed by atoms with van der Waals surface area (Å²) < 4.78 is 1.74. The molecule has 124 valence electrons. The van der Waals surface area contributed by atoms with Gasteiger partial charge in [0, 0.05) is 28.9 Å². The molecule has 0 fully saturated rings. The fourth-order valence-corrected chi connectivity index (χ4v) is 3.30. The number of nitrogens with one attached hydrogen (secondary N) is 2. The number of nitrogens with zero attached hydrogens (tertiary/aromatic N) is 3. The lowest BCUT2D eigenvalue weighted by molar-refractivity contribution is 0.102. The maximum atomic E-state index is 12.4. The van der Waals surface area contributed by atoms with Crippen molar-refractivity contribution in [3.05, 3.63) is 71.4 Å². The number of benzene rings is 1. The van der Waals surface area contributed by atoms with Gasteiger partial charge in [0.1, 0.15) is 0 Å². The fraction of sp³-hybridized carbons (Fsp3) is 0.0556. The number of rotatable bonds is 4. The number of aromatic amines is 1. The molecule has 7 heteroatoms. The number of aryl methyl sites for hydroxylation is 1. The summed E-state index contributed by atoms with van der Waals surface area (Å²) in [5.74, 6) is 0.301. The van der Waals surface area contributed by atoms with E-state index in [2.05, 4.69) is 33.6 Å². The lowest BCUT2D eigenvalue weighted by Gasteiger charge is -2.04. The third-order valence-corrected chi connectivity index (χ3v) is 4.76. The minimum absolute atomic E-state index is 0.201. The molecule has 3 heterocycles. The van der Waals surface area contributed by atoms with Crippen molar-refractivity contribution < 1.29 is 4.79 Å². The van der Waals surface area contributed by atoms with Crippen LogP contribution < -0.4 is 5.32 Å². The maximum Gasteiger partial charge on any atom is 0.256 e. The number of carbonyl (C=O) groups excluding carboxylic acids is 1. The molecule has 1 aromatic carbocycles. The molecule has 0 atom stereocenters. The van der Waals surface area contributed by atoms with Crippen LogP contribution in [0.2, 0.25) is 0 Å². The van der Waals surface area contributed by atoms with Gasteiger partial charge in [0.15, 0.2) is 5.82 Å². The first-order chi connectivity index (χ1) is 12.2. The fourth-order valence-electron chi connectivity index (χ4n) is 2.47. The van der Waals surface area contributed by atoms with Gasteiger partial charge in [-0.15, -0.1) is 11.3 Å². The van der Waals surface area contributed by atoms with Crippen molar-refractivity contribution >= 4 is 23.1 Å². The Balaban J connectivity index is 1.48. The van der Waals surface area contributed by atoms with Gasteiger partial charge in [0.2, 0.25) is 0 Å². The zero-order chi connectivity index (χ0) is 17.2. The molecule has 4 aromatic rings. The summed E-state index contributed by atoms with van der Waals surface area (Å²) in [5.41, 5.74) is 2.35. The van der Waals surface area contributed by atoms with Crippen LogP contribution in [0.5, 0.6) is 0 Å². The number of hydrogen-bond acceptors (Lipinski definition) is 4. The van der Waals surface area contributed by atoms with Crippen LogP contribution in [0.15, 0.2) is 60.9 Å². The van der Waals surface area contributed by atoms with Gasteiger partial charge >= 0.3 is 0 Å². The Morgan fingerprint density at radius 1 is 1.20 bits per heavy atom. The highest BCUT2D eigenvalue weighted by atomic mass is 32.1. The van der Waals surface area contributed by atoms with Crippen LogP contribution in [0, 0.1) is 6.92 Å². The van der Waals surface area contributed by atoms with Gasteiger partial charge < -0.3 is 5.32 Å². The molecule has 25 heavy (non-hydrogen) atoms. The molecule has 0 unspecified atom stereocenters. The van der Waals surface area contributed by atoms with E-state index in [9.17, 15) is 4.79 Å². The monoisotopic (exact) mass is 349 g/mol. The highest BCUT2D eigenvalue weighted by Crippen LogP contribution is 2.27. The summed E-state index contributed by atoms with van der Waals surface area (Å²) in [6.45, 7) is 2.06. The minimum Gasteiger partial charge on any atom is -0.305 e. The van der Waals surface area contributed by atoms with Crippen LogP contribution >= 0.6 is 11.3 Å². The van der Waals surface area contributed by atoms with Gasteiger partial charge in [-0.05, 0) is 49.4 Å². The second-order valence-corrected chi connectivity index (χ2v) is 6.82. The van der Waals surface area contributed by atoms with Crippen molar-refractivity contribution in [3.8, 4) is 16.3 Å². The van der Waals surface area contributed by atoms with E-state index in [1.165, 1.54) is 4.88 Å². The zero-order valence-corrected chi connectivity index (χ0v) is 14.2. The Labute approximate surface area is 148 Å². The predicted molar refractivity (Wildman–Crippen MR) is 98.2 cm³/mol. The van der Waals surface area contributed by atoms with E-state index >= 15 is 0 Å². The third kappa shape index (κ3) is 3.22. The number of anilines is 1. The molecule has 0 aliphatic heterocycles. The Kier molecular flexibility index (Phi) is 3.91. The molecule has 1 amide bonds. The zero-order valence-electron chi connectivity index (χ0n) is 13.4. The van der Waals surface area contributed by atoms with Crippen LogP contribution in [-0.2, 0) is 0 Å². The molecule has 0 aliphatic carbocycles. The van der Waals surface area contributed by atoms with Gasteiger partial charge in [-0.1, -0.05) is 0 Å². The average molecular weight is 349 g/mol. The normalized spacial score (nSPS) is 10.8. The number of aromatic nitrogens is 4. The highest BCUT2D eigenvalue weighted by Gasteiger charge is 2.10. The largest absolute Gasteiger partial charge is 0.305 e. The lowest BCUT2D eigenvalue weighted by atomic mass is 10.2. The quantitative estimate of drug-likeness (QED) is 0.587. The minimum atomic E-state index is -0.201. The summed E-state index contributed by atoms with van der Waals surface area (Å²) in [6, 6.07) is 15.0. The van der Waals surface area contributed by atoms with Crippen LogP contribution in [0.4, 0.5) is 5.82 Å². The van der Waals surface area contributed by atoms with Gasteiger partial charge in [0.05, 0.1) is 16.3 Å². The molecular weight excluding hydrogens is 334 g/mol. The average Bonchev–Trinajstić information content (AvgIpc) is 3.36. The topological polar surface area (TPSA) is 75.6 Å². The lowest BCUT2D eigenvalue weighted by Crippen LogP contribution is -2.12. The molecule has 0 bridgehead atoms. The summed E-state index contributed by atoms with van der Waals surface area (Å²) in [5, 5.41) is 14.1. The molecule has 0 radical (unpaired) electrons. The molecule has 6 nitrogen and oxygen atoms in total. The van der Waals surface area contributed by atoms with E-state index in [0.29, 0.717) is 11.4 Å². The molecule has 4 rings (SSSR count). The van der Waals surface area contributed by atoms with E-state index in [4.69, 9.17) is 0 Å². The van der Waals surface area contributed by atoms with E-state index in [1.54, 1.807) is 34.3 Å². The van der Waals surface area contributed by atoms with Crippen LogP contribution in [0.1, 0.15) is 15.2 Å². The first-order valence-corrected chi connectivity index (χ1v) is 8.54. The van der Waals surface area contributed by atoms with E-state index in [0.717, 1.165) is 16.3 Å². The predicted octanol–water partition coefficient (Wildman–Crippen LogP) is 3.88. The number of H-pyrrole nitrogens is 1. The van der Waals surface area contributed by atoms with Gasteiger partial charge in [-0.25, -0.2) is 4.68 Å². The maximum absolute atomic E-state index is 12.4. The van der Waals surface area contributed by atoms with Crippen molar-refractivity contribution in [1.29, 1.82) is 0 Å². The van der Waals surface area contributed by atoms with Crippen LogP contribution in [-0.4, -0.2) is 25.9 Å². The van der Waals surface area contributed by atoms with Crippen LogP contribution in [0.25, 0.3) is 16.3 Å². The van der Waals surface area contributed by atoms with Gasteiger partial charge in [-0.2, -0.15) is 10.2 Å². The van der Waals surface area contributed by atoms with Crippen molar-refractivity contribution in [1.82, 2.24) is 20.0 Å². The molecule has 0 spiro atoms. The van der Waals surface area contributed by atoms with Crippen molar-refractivity contribution in [2.24, 2.45) is 0 Å². The Morgan fingerprint density at radius 2 is 2.04 bits per heavy atom. The number of thiophene rings is 1. The molecule has 3 aromatic heterocycles. The summed E-state index contributed by atoms with van der Waals surface area (Å²) >= 11 is 1.68. The van der Waals surface area contributed by atoms with Gasteiger partial charge in [-0.3, -0.25) is 9.89 Å². The summed E-state index contributed by atoms with van der Waals surface area (Å²) in [4.78, 5) is 14.7.